The third kappa shape index (κ3) is 4.75. The zero-order valence-corrected chi connectivity index (χ0v) is 14.0. The number of para-hydroxylation sites is 1. The monoisotopic (exact) mass is 334 g/mol. The van der Waals surface area contributed by atoms with E-state index in [0.29, 0.717) is 19.8 Å². The van der Waals surface area contributed by atoms with E-state index in [2.05, 4.69) is 9.88 Å². The fourth-order valence-electron chi connectivity index (χ4n) is 2.60. The van der Waals surface area contributed by atoms with Gasteiger partial charge >= 0.3 is 0 Å². The molecule has 0 bridgehead atoms. The molecule has 6 heteroatoms. The van der Waals surface area contributed by atoms with Gasteiger partial charge in [0.1, 0.15) is 29.6 Å². The summed E-state index contributed by atoms with van der Waals surface area (Å²) < 4.78 is 11.4. The highest BCUT2D eigenvalue weighted by Crippen LogP contribution is 2.25. The Morgan fingerprint density at radius 1 is 1.43 bits per heavy atom. The molecule has 0 unspecified atom stereocenters. The maximum Gasteiger partial charge on any atom is 0.123 e. The standard InChI is InChI=1S/C17H22N2O3S/c1-13-12-23-17(18-13)16-10-19(7-8-21-16)9-14(20)11-22-15-5-3-2-4-6-15/h2-6,12,14,16,20H,7-11H2,1H3/t14-,16-/m0/s1. The second kappa shape index (κ2) is 7.88. The van der Waals surface area contributed by atoms with Crippen LogP contribution in [0.15, 0.2) is 35.7 Å². The third-order valence-corrected chi connectivity index (χ3v) is 4.77. The van der Waals surface area contributed by atoms with Gasteiger partial charge in [-0.3, -0.25) is 4.90 Å². The maximum atomic E-state index is 10.2. The third-order valence-electron chi connectivity index (χ3n) is 3.72. The van der Waals surface area contributed by atoms with Crippen molar-refractivity contribution in [3.05, 3.63) is 46.4 Å². The van der Waals surface area contributed by atoms with Crippen LogP contribution >= 0.6 is 11.3 Å². The molecule has 2 heterocycles. The van der Waals surface area contributed by atoms with E-state index in [1.807, 2.05) is 42.6 Å². The van der Waals surface area contributed by atoms with Crippen LogP contribution in [0.1, 0.15) is 16.8 Å². The number of aliphatic hydroxyl groups is 1. The number of aryl methyl sites for hydroxylation is 1. The molecule has 2 atom stereocenters. The van der Waals surface area contributed by atoms with Crippen LogP contribution in [0.25, 0.3) is 0 Å². The summed E-state index contributed by atoms with van der Waals surface area (Å²) in [6.07, 6.45) is -0.517. The minimum atomic E-state index is -0.521. The minimum absolute atomic E-state index is 0.00434. The van der Waals surface area contributed by atoms with Gasteiger partial charge in [-0.15, -0.1) is 11.3 Å². The van der Waals surface area contributed by atoms with Gasteiger partial charge < -0.3 is 14.6 Å². The summed E-state index contributed by atoms with van der Waals surface area (Å²) >= 11 is 1.63. The molecule has 3 rings (SSSR count). The van der Waals surface area contributed by atoms with Crippen LogP contribution < -0.4 is 4.74 Å². The highest BCUT2D eigenvalue weighted by molar-refractivity contribution is 7.09. The first-order chi connectivity index (χ1) is 11.2. The molecule has 124 valence electrons. The molecule has 23 heavy (non-hydrogen) atoms. The van der Waals surface area contributed by atoms with Gasteiger partial charge in [0.05, 0.1) is 6.61 Å². The molecule has 2 aromatic rings. The van der Waals surface area contributed by atoms with Gasteiger partial charge in [-0.05, 0) is 19.1 Å². The molecule has 1 saturated heterocycles. The Morgan fingerprint density at radius 2 is 2.26 bits per heavy atom. The van der Waals surface area contributed by atoms with Crippen LogP contribution in [-0.2, 0) is 4.74 Å². The lowest BCUT2D eigenvalue weighted by molar-refractivity contribution is -0.0460. The summed E-state index contributed by atoms with van der Waals surface area (Å²) in [5, 5.41) is 13.3. The van der Waals surface area contributed by atoms with Crippen LogP contribution in [-0.4, -0.2) is 53.9 Å². The van der Waals surface area contributed by atoms with Crippen LogP contribution in [0, 0.1) is 6.92 Å². The van der Waals surface area contributed by atoms with E-state index in [-0.39, 0.29) is 6.10 Å². The second-order valence-corrected chi connectivity index (χ2v) is 6.61. The molecule has 0 aliphatic carbocycles. The molecule has 0 radical (unpaired) electrons. The Morgan fingerprint density at radius 3 is 3.00 bits per heavy atom. The first-order valence-electron chi connectivity index (χ1n) is 7.82. The van der Waals surface area contributed by atoms with Crippen LogP contribution in [0.4, 0.5) is 0 Å². The predicted octanol–water partition coefficient (Wildman–Crippen LogP) is 2.26. The summed E-state index contributed by atoms with van der Waals surface area (Å²) in [7, 11) is 0. The number of benzene rings is 1. The Hall–Kier alpha value is -1.47. The summed E-state index contributed by atoms with van der Waals surface area (Å²) in [5.41, 5.74) is 1.03. The van der Waals surface area contributed by atoms with Crippen molar-refractivity contribution in [2.24, 2.45) is 0 Å². The highest BCUT2D eigenvalue weighted by atomic mass is 32.1. The van der Waals surface area contributed by atoms with Gasteiger partial charge in [0.15, 0.2) is 0 Å². The molecule has 1 aliphatic heterocycles. The molecule has 1 aromatic carbocycles. The fraction of sp³-hybridized carbons (Fsp3) is 0.471. The summed E-state index contributed by atoms with van der Waals surface area (Å²) in [6, 6.07) is 9.57. The van der Waals surface area contributed by atoms with Crippen molar-refractivity contribution in [3.63, 3.8) is 0 Å². The van der Waals surface area contributed by atoms with E-state index in [0.717, 1.165) is 29.5 Å². The number of ether oxygens (including phenoxy) is 2. The van der Waals surface area contributed by atoms with E-state index >= 15 is 0 Å². The molecule has 0 amide bonds. The molecular weight excluding hydrogens is 312 g/mol. The SMILES string of the molecule is Cc1csc([C@@H]2CN(C[C@H](O)COc3ccccc3)CCO2)n1. The summed E-state index contributed by atoms with van der Waals surface area (Å²) in [5.74, 6) is 0.782. The lowest BCUT2D eigenvalue weighted by Gasteiger charge is -2.33. The number of aliphatic hydroxyl groups excluding tert-OH is 1. The Bertz CT molecular complexity index is 605. The van der Waals surface area contributed by atoms with E-state index < -0.39 is 6.10 Å². The smallest absolute Gasteiger partial charge is 0.123 e. The molecule has 5 nitrogen and oxygen atoms in total. The number of thiazole rings is 1. The van der Waals surface area contributed by atoms with Gasteiger partial charge in [0.25, 0.3) is 0 Å². The first-order valence-corrected chi connectivity index (χ1v) is 8.70. The Balaban J connectivity index is 1.47. The number of β-amino-alcohol motifs (C(OH)–C–C–N with tert-alkyl or cyclic N) is 1. The molecule has 0 spiro atoms. The van der Waals surface area contributed by atoms with Crippen molar-refractivity contribution in [2.75, 3.05) is 32.8 Å². The molecular formula is C17H22N2O3S. The van der Waals surface area contributed by atoms with Crippen molar-refractivity contribution in [1.82, 2.24) is 9.88 Å². The van der Waals surface area contributed by atoms with Crippen molar-refractivity contribution < 1.29 is 14.6 Å². The topological polar surface area (TPSA) is 54.8 Å². The van der Waals surface area contributed by atoms with Gasteiger partial charge in [0.2, 0.25) is 0 Å². The van der Waals surface area contributed by atoms with Crippen molar-refractivity contribution in [2.45, 2.75) is 19.1 Å². The molecule has 1 fully saturated rings. The predicted molar refractivity (Wildman–Crippen MR) is 89.9 cm³/mol. The first kappa shape index (κ1) is 16.4. The largest absolute Gasteiger partial charge is 0.491 e. The van der Waals surface area contributed by atoms with Gasteiger partial charge in [-0.1, -0.05) is 18.2 Å². The van der Waals surface area contributed by atoms with Crippen molar-refractivity contribution >= 4 is 11.3 Å². The molecule has 0 saturated carbocycles. The minimum Gasteiger partial charge on any atom is -0.491 e. The lowest BCUT2D eigenvalue weighted by Crippen LogP contribution is -2.43. The normalized spacial score (nSPS) is 20.3. The van der Waals surface area contributed by atoms with E-state index in [9.17, 15) is 5.11 Å². The number of nitrogens with zero attached hydrogens (tertiary/aromatic N) is 2. The molecule has 1 N–H and O–H groups in total. The van der Waals surface area contributed by atoms with Crippen LogP contribution in [0.5, 0.6) is 5.75 Å². The van der Waals surface area contributed by atoms with Crippen molar-refractivity contribution in [3.8, 4) is 5.75 Å². The van der Waals surface area contributed by atoms with E-state index in [1.165, 1.54) is 0 Å². The fourth-order valence-corrected chi connectivity index (χ4v) is 3.43. The summed E-state index contributed by atoms with van der Waals surface area (Å²) in [4.78, 5) is 6.72. The number of rotatable bonds is 6. The van der Waals surface area contributed by atoms with Crippen molar-refractivity contribution in [1.29, 1.82) is 0 Å². The quantitative estimate of drug-likeness (QED) is 0.878. The van der Waals surface area contributed by atoms with Gasteiger partial charge in [-0.25, -0.2) is 4.98 Å². The Kier molecular flexibility index (Phi) is 5.61. The van der Waals surface area contributed by atoms with Crippen LogP contribution in [0.2, 0.25) is 0 Å². The number of hydrogen-bond donors (Lipinski definition) is 1. The zero-order chi connectivity index (χ0) is 16.1. The molecule has 1 aliphatic rings. The van der Waals surface area contributed by atoms with Gasteiger partial charge in [-0.2, -0.15) is 0 Å². The average molecular weight is 334 g/mol. The highest BCUT2D eigenvalue weighted by Gasteiger charge is 2.25. The number of aromatic nitrogens is 1. The lowest BCUT2D eigenvalue weighted by atomic mass is 10.2. The van der Waals surface area contributed by atoms with Crippen LogP contribution in [0.3, 0.4) is 0 Å². The maximum absolute atomic E-state index is 10.2. The zero-order valence-electron chi connectivity index (χ0n) is 13.2. The summed E-state index contributed by atoms with van der Waals surface area (Å²) in [6.45, 7) is 5.11. The van der Waals surface area contributed by atoms with Gasteiger partial charge in [0, 0.05) is 30.7 Å². The average Bonchev–Trinajstić information content (AvgIpc) is 3.01. The number of hydrogen-bond acceptors (Lipinski definition) is 6. The van der Waals surface area contributed by atoms with E-state index in [1.54, 1.807) is 11.3 Å². The molecule has 1 aromatic heterocycles. The number of morpholine rings is 1. The Labute approximate surface area is 140 Å². The van der Waals surface area contributed by atoms with E-state index in [4.69, 9.17) is 9.47 Å². The second-order valence-electron chi connectivity index (χ2n) is 5.72.